The second-order valence-electron chi connectivity index (χ2n) is 8.54. The lowest BCUT2D eigenvalue weighted by Gasteiger charge is -2.31. The summed E-state index contributed by atoms with van der Waals surface area (Å²) in [6, 6.07) is 5.82. The van der Waals surface area contributed by atoms with Crippen LogP contribution in [0.2, 0.25) is 0 Å². The molecule has 1 saturated heterocycles. The monoisotopic (exact) mass is 446 g/mol. The van der Waals surface area contributed by atoms with Gasteiger partial charge in [-0.1, -0.05) is 30.5 Å². The number of piperidine rings is 1. The third-order valence-corrected chi connectivity index (χ3v) is 8.37. The molecule has 2 aromatic rings. The van der Waals surface area contributed by atoms with E-state index >= 15 is 0 Å². The molecule has 2 aromatic heterocycles. The number of carbonyl (C=O) groups excluding carboxylic acids is 1. The van der Waals surface area contributed by atoms with Gasteiger partial charge in [0.1, 0.15) is 16.1 Å². The maximum Gasteiger partial charge on any atom is 0.248 e. The molecule has 0 bridgehead atoms. The van der Waals surface area contributed by atoms with Crippen LogP contribution in [0.3, 0.4) is 0 Å². The van der Waals surface area contributed by atoms with Gasteiger partial charge in [-0.3, -0.25) is 14.4 Å². The number of nitrogens with zero attached hydrogens (tertiary/aromatic N) is 4. The normalized spacial score (nSPS) is 22.0. The molecule has 9 heteroatoms. The van der Waals surface area contributed by atoms with Gasteiger partial charge in [0, 0.05) is 19.3 Å². The molecule has 1 unspecified atom stereocenters. The van der Waals surface area contributed by atoms with E-state index in [1.807, 2.05) is 18.2 Å². The van der Waals surface area contributed by atoms with Crippen molar-refractivity contribution in [3.05, 3.63) is 41.3 Å². The van der Waals surface area contributed by atoms with E-state index in [4.69, 9.17) is 9.52 Å². The zero-order valence-electron chi connectivity index (χ0n) is 18.2. The highest BCUT2D eigenvalue weighted by Crippen LogP contribution is 2.28. The summed E-state index contributed by atoms with van der Waals surface area (Å²) in [6.07, 6.45) is 8.71. The van der Waals surface area contributed by atoms with Gasteiger partial charge < -0.3 is 4.52 Å². The van der Waals surface area contributed by atoms with Gasteiger partial charge in [-0.05, 0) is 51.7 Å². The predicted octanol–water partition coefficient (Wildman–Crippen LogP) is 3.07. The van der Waals surface area contributed by atoms with E-state index < -0.39 is 15.9 Å². The predicted molar refractivity (Wildman–Crippen MR) is 115 cm³/mol. The van der Waals surface area contributed by atoms with Crippen molar-refractivity contribution in [1.29, 1.82) is 0 Å². The minimum Gasteiger partial charge on any atom is -0.360 e. The van der Waals surface area contributed by atoms with Crippen molar-refractivity contribution < 1.29 is 17.7 Å². The molecule has 3 heterocycles. The van der Waals surface area contributed by atoms with Crippen molar-refractivity contribution in [3.8, 4) is 0 Å². The lowest BCUT2D eigenvalue weighted by molar-refractivity contribution is 0.0778. The Balaban J connectivity index is 1.58. The molecular weight excluding hydrogens is 416 g/mol. The summed E-state index contributed by atoms with van der Waals surface area (Å²) in [5.41, 5.74) is 1.00. The summed E-state index contributed by atoms with van der Waals surface area (Å²) in [5, 5.41) is 3.78. The van der Waals surface area contributed by atoms with Gasteiger partial charge in [-0.25, -0.2) is 8.42 Å². The van der Waals surface area contributed by atoms with Crippen LogP contribution < -0.4 is 5.49 Å². The van der Waals surface area contributed by atoms with E-state index in [9.17, 15) is 13.2 Å². The van der Waals surface area contributed by atoms with Crippen LogP contribution in [0.25, 0.3) is 0 Å². The molecule has 0 aromatic carbocycles. The third-order valence-electron chi connectivity index (χ3n) is 6.26. The Morgan fingerprint density at radius 1 is 1.13 bits per heavy atom. The Kier molecular flexibility index (Phi) is 6.43. The Labute approximate surface area is 183 Å². The minimum atomic E-state index is -3.77. The van der Waals surface area contributed by atoms with Crippen LogP contribution in [0, 0.1) is 19.8 Å². The van der Waals surface area contributed by atoms with Crippen molar-refractivity contribution >= 4 is 15.9 Å². The van der Waals surface area contributed by atoms with E-state index in [2.05, 4.69) is 5.16 Å². The molecule has 2 aliphatic rings. The van der Waals surface area contributed by atoms with Crippen molar-refractivity contribution in [2.75, 3.05) is 13.1 Å². The van der Waals surface area contributed by atoms with Crippen LogP contribution in [0.1, 0.15) is 61.2 Å². The van der Waals surface area contributed by atoms with Crippen LogP contribution in [0.5, 0.6) is 0 Å². The molecule has 0 amide bonds. The van der Waals surface area contributed by atoms with Gasteiger partial charge >= 0.3 is 0 Å². The maximum atomic E-state index is 13.4. The largest absolute Gasteiger partial charge is 0.360 e. The van der Waals surface area contributed by atoms with Crippen molar-refractivity contribution in [1.82, 2.24) is 14.0 Å². The number of pyridine rings is 1. The Morgan fingerprint density at radius 3 is 2.61 bits per heavy atom. The second kappa shape index (κ2) is 9.08. The van der Waals surface area contributed by atoms with Crippen LogP contribution in [-0.4, -0.2) is 47.5 Å². The summed E-state index contributed by atoms with van der Waals surface area (Å²) in [5.74, 6) is -0.248. The molecule has 1 atom stereocenters. The molecule has 0 spiro atoms. The first-order chi connectivity index (χ1) is 14.9. The minimum absolute atomic E-state index is 0.103. The van der Waals surface area contributed by atoms with Crippen LogP contribution in [0.4, 0.5) is 0 Å². The average Bonchev–Trinajstić information content (AvgIpc) is 3.13. The Bertz CT molecular complexity index is 1090. The number of carbonyl (C=O) groups is 1. The number of hydrogen-bond donors (Lipinski definition) is 0. The molecule has 0 radical (unpaired) electrons. The number of rotatable bonds is 4. The molecular formula is C22H30N4O4S. The summed E-state index contributed by atoms with van der Waals surface area (Å²) in [7, 11) is -3.77. The lowest BCUT2D eigenvalue weighted by Crippen LogP contribution is -2.45. The number of aryl methyl sites for hydroxylation is 2. The van der Waals surface area contributed by atoms with Gasteiger partial charge in [-0.15, -0.1) is 0 Å². The average molecular weight is 447 g/mol. The zero-order valence-corrected chi connectivity index (χ0v) is 19.0. The molecule has 4 rings (SSSR count). The molecule has 0 N–H and O–H groups in total. The van der Waals surface area contributed by atoms with Gasteiger partial charge in [0.25, 0.3) is 0 Å². The highest BCUT2D eigenvalue weighted by Gasteiger charge is 2.36. The fourth-order valence-corrected chi connectivity index (χ4v) is 6.47. The van der Waals surface area contributed by atoms with Gasteiger partial charge in [0.05, 0.1) is 12.0 Å². The first-order valence-corrected chi connectivity index (χ1v) is 12.5. The highest BCUT2D eigenvalue weighted by atomic mass is 32.2. The molecule has 2 fully saturated rings. The molecule has 168 valence electrons. The van der Waals surface area contributed by atoms with Gasteiger partial charge in [0.2, 0.25) is 15.9 Å². The second-order valence-corrected chi connectivity index (χ2v) is 10.4. The lowest BCUT2D eigenvalue weighted by atomic mass is 9.96. The first-order valence-electron chi connectivity index (χ1n) is 11.1. The topological polar surface area (TPSA) is 97.8 Å². The Morgan fingerprint density at radius 2 is 1.90 bits per heavy atom. The van der Waals surface area contributed by atoms with Crippen LogP contribution in [-0.2, 0) is 10.0 Å². The third kappa shape index (κ3) is 4.52. The number of sulfonamides is 1. The number of aromatic nitrogens is 2. The molecule has 1 aliphatic heterocycles. The summed E-state index contributed by atoms with van der Waals surface area (Å²) in [6.45, 7) is 3.75. The smallest absolute Gasteiger partial charge is 0.248 e. The summed E-state index contributed by atoms with van der Waals surface area (Å²) in [4.78, 5) is 18.4. The fraction of sp³-hybridized carbons (Fsp3) is 0.591. The first kappa shape index (κ1) is 22.0. The van der Waals surface area contributed by atoms with Gasteiger partial charge in [0.15, 0.2) is 5.76 Å². The van der Waals surface area contributed by atoms with Crippen LogP contribution >= 0.6 is 0 Å². The SMILES string of the molecule is Cc1noc(C)c1S(=O)(=O)N1CCCC(C(=O)n2ccccc2=NC2CCCCC2)C1. The van der Waals surface area contributed by atoms with E-state index in [0.717, 1.165) is 12.8 Å². The van der Waals surface area contributed by atoms with E-state index in [1.54, 1.807) is 24.6 Å². The summed E-state index contributed by atoms with van der Waals surface area (Å²) < 4.78 is 34.5. The van der Waals surface area contributed by atoms with E-state index in [0.29, 0.717) is 30.6 Å². The fourth-order valence-electron chi connectivity index (χ4n) is 4.65. The highest BCUT2D eigenvalue weighted by molar-refractivity contribution is 7.89. The quantitative estimate of drug-likeness (QED) is 0.719. The molecule has 8 nitrogen and oxygen atoms in total. The molecule has 1 aliphatic carbocycles. The van der Waals surface area contributed by atoms with Crippen molar-refractivity contribution in [2.24, 2.45) is 10.9 Å². The standard InChI is InChI=1S/C22H30N4O4S/c1-16-21(17(2)30-24-16)31(28,29)25-13-8-9-18(15-25)22(27)26-14-7-6-12-20(26)23-19-10-4-3-5-11-19/h6-7,12,14,18-19H,3-5,8-11,13,15H2,1-2H3. The molecule has 1 saturated carbocycles. The van der Waals surface area contributed by atoms with Crippen LogP contribution in [0.15, 0.2) is 38.8 Å². The molecule has 31 heavy (non-hydrogen) atoms. The van der Waals surface area contributed by atoms with Crippen molar-refractivity contribution in [3.63, 3.8) is 0 Å². The maximum absolute atomic E-state index is 13.4. The summed E-state index contributed by atoms with van der Waals surface area (Å²) >= 11 is 0. The van der Waals surface area contributed by atoms with Crippen molar-refractivity contribution in [2.45, 2.75) is 69.7 Å². The Hall–Kier alpha value is -2.26. The number of hydrogen-bond acceptors (Lipinski definition) is 6. The zero-order chi connectivity index (χ0) is 22.0. The van der Waals surface area contributed by atoms with E-state index in [-0.39, 0.29) is 29.1 Å². The van der Waals surface area contributed by atoms with Gasteiger partial charge in [-0.2, -0.15) is 4.31 Å². The van der Waals surface area contributed by atoms with E-state index in [1.165, 1.54) is 23.6 Å².